The molecular weight excluding hydrogens is 260 g/mol. The summed E-state index contributed by atoms with van der Waals surface area (Å²) in [6.45, 7) is 7.17. The Morgan fingerprint density at radius 2 is 2.37 bits per heavy atom. The third-order valence-corrected chi connectivity index (χ3v) is 4.18. The molecule has 0 saturated carbocycles. The topological polar surface area (TPSA) is 48.5 Å². The van der Waals surface area contributed by atoms with Crippen molar-refractivity contribution in [3.05, 3.63) is 16.1 Å². The van der Waals surface area contributed by atoms with E-state index in [1.807, 2.05) is 20.2 Å². The summed E-state index contributed by atoms with van der Waals surface area (Å²) in [5.41, 5.74) is 0. The molecule has 1 amide bonds. The molecular formula is C13H22N4OS. The lowest BCUT2D eigenvalue weighted by atomic mass is 10.3. The van der Waals surface area contributed by atoms with E-state index in [2.05, 4.69) is 15.2 Å². The van der Waals surface area contributed by atoms with Gasteiger partial charge in [-0.1, -0.05) is 0 Å². The Labute approximate surface area is 118 Å². The highest BCUT2D eigenvalue weighted by atomic mass is 32.1. The van der Waals surface area contributed by atoms with Gasteiger partial charge < -0.3 is 10.2 Å². The molecule has 0 spiro atoms. The number of aromatic nitrogens is 1. The van der Waals surface area contributed by atoms with Crippen molar-refractivity contribution in [2.45, 2.75) is 19.9 Å². The van der Waals surface area contributed by atoms with E-state index >= 15 is 0 Å². The third-order valence-electron chi connectivity index (χ3n) is 3.28. The van der Waals surface area contributed by atoms with Crippen molar-refractivity contribution in [2.75, 3.05) is 39.8 Å². The molecule has 0 atom stereocenters. The third kappa shape index (κ3) is 4.56. The lowest BCUT2D eigenvalue weighted by Gasteiger charge is -2.23. The molecule has 2 heterocycles. The second-order valence-corrected chi connectivity index (χ2v) is 6.29. The summed E-state index contributed by atoms with van der Waals surface area (Å²) < 4.78 is 0. The highest BCUT2D eigenvalue weighted by Crippen LogP contribution is 2.13. The predicted octanol–water partition coefficient (Wildman–Crippen LogP) is 0.705. The van der Waals surface area contributed by atoms with Gasteiger partial charge in [0, 0.05) is 31.2 Å². The molecule has 5 nitrogen and oxygen atoms in total. The Morgan fingerprint density at radius 1 is 1.53 bits per heavy atom. The molecule has 106 valence electrons. The van der Waals surface area contributed by atoms with E-state index in [0.717, 1.165) is 42.5 Å². The van der Waals surface area contributed by atoms with Crippen molar-refractivity contribution < 1.29 is 4.79 Å². The smallest absolute Gasteiger partial charge is 0.236 e. The number of likely N-dealkylation sites (N-methyl/N-ethyl adjacent to an activating group) is 1. The van der Waals surface area contributed by atoms with Crippen LogP contribution in [0.5, 0.6) is 0 Å². The van der Waals surface area contributed by atoms with Crippen LogP contribution in [0.3, 0.4) is 0 Å². The van der Waals surface area contributed by atoms with Crippen LogP contribution in [0.1, 0.15) is 16.3 Å². The molecule has 0 radical (unpaired) electrons. The van der Waals surface area contributed by atoms with E-state index in [1.165, 1.54) is 0 Å². The molecule has 1 aromatic heterocycles. The highest BCUT2D eigenvalue weighted by molar-refractivity contribution is 7.11. The summed E-state index contributed by atoms with van der Waals surface area (Å²) in [4.78, 5) is 21.6. The van der Waals surface area contributed by atoms with Gasteiger partial charge in [-0.25, -0.2) is 4.98 Å². The molecule has 6 heteroatoms. The first-order chi connectivity index (χ1) is 9.15. The van der Waals surface area contributed by atoms with Gasteiger partial charge in [0.05, 0.1) is 18.1 Å². The number of nitrogens with zero attached hydrogens (tertiary/aromatic N) is 3. The average molecular weight is 282 g/mol. The number of hydrogen-bond acceptors (Lipinski definition) is 5. The number of carbonyl (C=O) groups excluding carboxylic acids is 1. The van der Waals surface area contributed by atoms with E-state index < -0.39 is 0 Å². The van der Waals surface area contributed by atoms with Crippen LogP contribution in [0, 0.1) is 6.92 Å². The number of rotatable bonds is 4. The number of amides is 1. The standard InChI is InChI=1S/C13H22N4OS/c1-11-15-8-12(19-11)9-16(2)13(18)10-17-6-3-4-14-5-7-17/h8,14H,3-7,9-10H2,1-2H3. The van der Waals surface area contributed by atoms with Gasteiger partial charge in [0.15, 0.2) is 0 Å². The van der Waals surface area contributed by atoms with Gasteiger partial charge in [0.1, 0.15) is 0 Å². The molecule has 0 aromatic carbocycles. The lowest BCUT2D eigenvalue weighted by Crippen LogP contribution is -2.39. The van der Waals surface area contributed by atoms with Crippen LogP contribution in [-0.4, -0.2) is 60.5 Å². The SMILES string of the molecule is Cc1ncc(CN(C)C(=O)CN2CCCNCC2)s1. The van der Waals surface area contributed by atoms with Crippen molar-refractivity contribution in [1.29, 1.82) is 0 Å². The quantitative estimate of drug-likeness (QED) is 0.883. The summed E-state index contributed by atoms with van der Waals surface area (Å²) in [5.74, 6) is 0.188. The van der Waals surface area contributed by atoms with E-state index in [1.54, 1.807) is 16.2 Å². The van der Waals surface area contributed by atoms with Crippen molar-refractivity contribution in [1.82, 2.24) is 20.1 Å². The monoisotopic (exact) mass is 282 g/mol. The number of thiazole rings is 1. The molecule has 1 saturated heterocycles. The van der Waals surface area contributed by atoms with Gasteiger partial charge in [-0.05, 0) is 26.4 Å². The summed E-state index contributed by atoms with van der Waals surface area (Å²) in [6, 6.07) is 0. The van der Waals surface area contributed by atoms with Gasteiger partial charge in [-0.3, -0.25) is 9.69 Å². The zero-order valence-electron chi connectivity index (χ0n) is 11.7. The van der Waals surface area contributed by atoms with Gasteiger partial charge in [0.25, 0.3) is 0 Å². The van der Waals surface area contributed by atoms with Crippen LogP contribution in [-0.2, 0) is 11.3 Å². The largest absolute Gasteiger partial charge is 0.339 e. The summed E-state index contributed by atoms with van der Waals surface area (Å²) in [7, 11) is 1.87. The molecule has 0 bridgehead atoms. The molecule has 1 aliphatic heterocycles. The minimum atomic E-state index is 0.188. The van der Waals surface area contributed by atoms with E-state index in [-0.39, 0.29) is 5.91 Å². The average Bonchev–Trinajstić information content (AvgIpc) is 2.64. The van der Waals surface area contributed by atoms with Crippen LogP contribution in [0.4, 0.5) is 0 Å². The first-order valence-corrected chi connectivity index (χ1v) is 7.55. The molecule has 2 rings (SSSR count). The van der Waals surface area contributed by atoms with Crippen LogP contribution >= 0.6 is 11.3 Å². The highest BCUT2D eigenvalue weighted by Gasteiger charge is 2.16. The van der Waals surface area contributed by atoms with Crippen LogP contribution in [0.2, 0.25) is 0 Å². The normalized spacial score (nSPS) is 17.2. The molecule has 0 aliphatic carbocycles. The Balaban J connectivity index is 1.81. The maximum absolute atomic E-state index is 12.2. The molecule has 1 fully saturated rings. The van der Waals surface area contributed by atoms with E-state index in [9.17, 15) is 4.79 Å². The van der Waals surface area contributed by atoms with Crippen LogP contribution in [0.25, 0.3) is 0 Å². The van der Waals surface area contributed by atoms with Crippen LogP contribution in [0.15, 0.2) is 6.20 Å². The van der Waals surface area contributed by atoms with Crippen molar-refractivity contribution in [3.8, 4) is 0 Å². The van der Waals surface area contributed by atoms with Crippen LogP contribution < -0.4 is 5.32 Å². The van der Waals surface area contributed by atoms with Crippen molar-refractivity contribution in [2.24, 2.45) is 0 Å². The molecule has 1 N–H and O–H groups in total. The number of carbonyl (C=O) groups is 1. The maximum atomic E-state index is 12.2. The fourth-order valence-electron chi connectivity index (χ4n) is 2.17. The number of hydrogen-bond donors (Lipinski definition) is 1. The minimum Gasteiger partial charge on any atom is -0.339 e. The lowest BCUT2D eigenvalue weighted by molar-refractivity contribution is -0.131. The number of aryl methyl sites for hydroxylation is 1. The first kappa shape index (κ1) is 14.4. The predicted molar refractivity (Wildman–Crippen MR) is 77.3 cm³/mol. The number of nitrogens with one attached hydrogen (secondary N) is 1. The Morgan fingerprint density at radius 3 is 3.11 bits per heavy atom. The van der Waals surface area contributed by atoms with Gasteiger partial charge >= 0.3 is 0 Å². The fourth-order valence-corrected chi connectivity index (χ4v) is 3.02. The first-order valence-electron chi connectivity index (χ1n) is 6.73. The summed E-state index contributed by atoms with van der Waals surface area (Å²) >= 11 is 1.65. The van der Waals surface area contributed by atoms with Crippen molar-refractivity contribution >= 4 is 17.2 Å². The fraction of sp³-hybridized carbons (Fsp3) is 0.692. The summed E-state index contributed by atoms with van der Waals surface area (Å²) in [6.07, 6.45) is 2.98. The van der Waals surface area contributed by atoms with Crippen molar-refractivity contribution in [3.63, 3.8) is 0 Å². The van der Waals surface area contributed by atoms with E-state index in [4.69, 9.17) is 0 Å². The summed E-state index contributed by atoms with van der Waals surface area (Å²) in [5, 5.41) is 4.40. The van der Waals surface area contributed by atoms with E-state index in [0.29, 0.717) is 13.1 Å². The Kier molecular flexibility index (Phi) is 5.30. The molecule has 1 aliphatic rings. The molecule has 1 aromatic rings. The maximum Gasteiger partial charge on any atom is 0.236 e. The van der Waals surface area contributed by atoms with Gasteiger partial charge in [-0.15, -0.1) is 11.3 Å². The zero-order valence-corrected chi connectivity index (χ0v) is 12.5. The van der Waals surface area contributed by atoms with Gasteiger partial charge in [-0.2, -0.15) is 0 Å². The van der Waals surface area contributed by atoms with Gasteiger partial charge in [0.2, 0.25) is 5.91 Å². The second kappa shape index (κ2) is 6.98. The molecule has 0 unspecified atom stereocenters. The zero-order chi connectivity index (χ0) is 13.7. The Bertz CT molecular complexity index is 413. The minimum absolute atomic E-state index is 0.188. The second-order valence-electron chi connectivity index (χ2n) is 4.98. The molecule has 19 heavy (non-hydrogen) atoms. The Hall–Kier alpha value is -0.980.